The number of halogens is 1. The quantitative estimate of drug-likeness (QED) is 0.279. The molecule has 0 N–H and O–H groups in total. The molecule has 2 fully saturated rings. The number of rotatable bonds is 8. The molecular weight excluding hydrogens is 578 g/mol. The fourth-order valence-electron chi connectivity index (χ4n) is 6.68. The van der Waals surface area contributed by atoms with Gasteiger partial charge in [-0.15, -0.1) is 0 Å². The standard InChI is InChI=1S/C33H38ClN7O3/c1-5-30(42)41-15-14-40(17-24(41)16-35-2)32-25-12-13-39(28-11-7-9-22-8-6-10-26(34)31(22)28)18-27(25)36-33(37-32)44-20-23-19-43-21-29(23)38(3)4/h5-11,23-24,29H,1,12-21H2,3-4H3/t23-,24+,29+/m1/s1. The predicted octanol–water partition coefficient (Wildman–Crippen LogP) is 3.92. The maximum Gasteiger partial charge on any atom is 0.318 e. The van der Waals surface area contributed by atoms with Crippen LogP contribution < -0.4 is 14.5 Å². The highest BCUT2D eigenvalue weighted by Crippen LogP contribution is 2.37. The van der Waals surface area contributed by atoms with Gasteiger partial charge in [0.05, 0.1) is 37.1 Å². The van der Waals surface area contributed by atoms with Crippen LogP contribution in [0.1, 0.15) is 11.3 Å². The van der Waals surface area contributed by atoms with Crippen LogP contribution in [0.15, 0.2) is 49.1 Å². The summed E-state index contributed by atoms with van der Waals surface area (Å²) in [6.07, 6.45) is 2.07. The second-order valence-corrected chi connectivity index (χ2v) is 12.3. The first-order valence-electron chi connectivity index (χ1n) is 15.1. The van der Waals surface area contributed by atoms with E-state index < -0.39 is 0 Å². The van der Waals surface area contributed by atoms with E-state index in [1.165, 1.54) is 6.08 Å². The third-order valence-corrected chi connectivity index (χ3v) is 9.31. The fraction of sp³-hybridized carbons (Fsp3) is 0.455. The number of likely N-dealkylation sites (N-methyl/N-ethyl adjacent to an activating group) is 1. The lowest BCUT2D eigenvalue weighted by Crippen LogP contribution is -2.56. The molecule has 0 radical (unpaired) electrons. The van der Waals surface area contributed by atoms with E-state index in [2.05, 4.69) is 64.5 Å². The second-order valence-electron chi connectivity index (χ2n) is 11.9. The van der Waals surface area contributed by atoms with Gasteiger partial charge in [-0.25, -0.2) is 6.57 Å². The average Bonchev–Trinajstić information content (AvgIpc) is 3.52. The molecule has 3 aromatic rings. The molecule has 6 rings (SSSR count). The molecule has 3 aliphatic rings. The maximum atomic E-state index is 12.6. The van der Waals surface area contributed by atoms with Crippen molar-refractivity contribution in [3.05, 3.63) is 76.8 Å². The third-order valence-electron chi connectivity index (χ3n) is 8.99. The molecule has 11 heteroatoms. The summed E-state index contributed by atoms with van der Waals surface area (Å²) in [7, 11) is 4.12. The number of carbonyl (C=O) groups excluding carboxylic acids is 1. The van der Waals surface area contributed by atoms with Gasteiger partial charge in [0.25, 0.3) is 0 Å². The molecule has 44 heavy (non-hydrogen) atoms. The third kappa shape index (κ3) is 5.92. The zero-order valence-electron chi connectivity index (χ0n) is 25.3. The van der Waals surface area contributed by atoms with Crippen LogP contribution in [0, 0.1) is 12.5 Å². The minimum absolute atomic E-state index is 0.148. The van der Waals surface area contributed by atoms with Gasteiger partial charge in [0.15, 0.2) is 0 Å². The molecular formula is C33H38ClN7O3. The number of hydrogen-bond donors (Lipinski definition) is 0. The number of amides is 1. The normalized spacial score (nSPS) is 21.8. The lowest BCUT2D eigenvalue weighted by atomic mass is 10.0. The molecule has 4 heterocycles. The summed E-state index contributed by atoms with van der Waals surface area (Å²) in [5.41, 5.74) is 3.07. The molecule has 1 amide bonds. The lowest BCUT2D eigenvalue weighted by molar-refractivity contribution is -0.128. The van der Waals surface area contributed by atoms with Gasteiger partial charge < -0.3 is 33.9 Å². The van der Waals surface area contributed by atoms with E-state index in [0.29, 0.717) is 52.0 Å². The van der Waals surface area contributed by atoms with E-state index in [9.17, 15) is 4.79 Å². The molecule has 0 spiro atoms. The van der Waals surface area contributed by atoms with Crippen molar-refractivity contribution in [2.45, 2.75) is 25.0 Å². The number of benzene rings is 2. The summed E-state index contributed by atoms with van der Waals surface area (Å²) in [5, 5.41) is 2.86. The van der Waals surface area contributed by atoms with Gasteiger partial charge in [0.2, 0.25) is 12.5 Å². The Kier molecular flexibility index (Phi) is 8.89. The first-order chi connectivity index (χ1) is 21.4. The Morgan fingerprint density at radius 1 is 1.18 bits per heavy atom. The van der Waals surface area contributed by atoms with Crippen molar-refractivity contribution in [1.29, 1.82) is 0 Å². The van der Waals surface area contributed by atoms with Gasteiger partial charge in [-0.2, -0.15) is 9.97 Å². The van der Waals surface area contributed by atoms with Crippen molar-refractivity contribution in [3.63, 3.8) is 0 Å². The number of hydrogen-bond acceptors (Lipinski definition) is 8. The smallest absolute Gasteiger partial charge is 0.318 e. The molecule has 0 bridgehead atoms. The van der Waals surface area contributed by atoms with Gasteiger partial charge in [-0.1, -0.05) is 42.4 Å². The Hall–Kier alpha value is -3.91. The Morgan fingerprint density at radius 3 is 2.77 bits per heavy atom. The van der Waals surface area contributed by atoms with Gasteiger partial charge in [-0.3, -0.25) is 4.79 Å². The van der Waals surface area contributed by atoms with Crippen molar-refractivity contribution in [3.8, 4) is 6.01 Å². The zero-order valence-corrected chi connectivity index (χ0v) is 26.0. The fourth-order valence-corrected chi connectivity index (χ4v) is 6.95. The Morgan fingerprint density at radius 2 is 2.00 bits per heavy atom. The van der Waals surface area contributed by atoms with Crippen LogP contribution in [0.3, 0.4) is 0 Å². The van der Waals surface area contributed by atoms with E-state index in [0.717, 1.165) is 51.5 Å². The van der Waals surface area contributed by atoms with E-state index in [-0.39, 0.29) is 30.5 Å². The number of fused-ring (bicyclic) bond motifs is 2. The number of aromatic nitrogens is 2. The number of piperazine rings is 1. The highest BCUT2D eigenvalue weighted by Gasteiger charge is 2.35. The van der Waals surface area contributed by atoms with Crippen LogP contribution >= 0.6 is 11.6 Å². The molecule has 1 aromatic heterocycles. The number of carbonyl (C=O) groups is 1. The first kappa shape index (κ1) is 30.1. The Balaban J connectivity index is 1.34. The molecule has 0 aliphatic carbocycles. The molecule has 230 valence electrons. The monoisotopic (exact) mass is 615 g/mol. The highest BCUT2D eigenvalue weighted by atomic mass is 35.5. The molecule has 3 atom stereocenters. The zero-order chi connectivity index (χ0) is 30.8. The van der Waals surface area contributed by atoms with Crippen molar-refractivity contribution in [1.82, 2.24) is 19.8 Å². The number of nitrogens with zero attached hydrogens (tertiary/aromatic N) is 7. The van der Waals surface area contributed by atoms with Crippen LogP contribution in [-0.4, -0.2) is 104 Å². The maximum absolute atomic E-state index is 12.6. The van der Waals surface area contributed by atoms with Gasteiger partial charge in [0, 0.05) is 54.8 Å². The summed E-state index contributed by atoms with van der Waals surface area (Å²) in [6.45, 7) is 16.1. The van der Waals surface area contributed by atoms with E-state index >= 15 is 0 Å². The molecule has 0 unspecified atom stereocenters. The van der Waals surface area contributed by atoms with Gasteiger partial charge in [0.1, 0.15) is 11.9 Å². The van der Waals surface area contributed by atoms with Gasteiger partial charge >= 0.3 is 6.01 Å². The average molecular weight is 616 g/mol. The molecule has 2 aromatic carbocycles. The van der Waals surface area contributed by atoms with Gasteiger partial charge in [-0.05, 0) is 44.1 Å². The topological polar surface area (TPSA) is 78.6 Å². The largest absolute Gasteiger partial charge is 0.463 e. The number of anilines is 2. The SMILES string of the molecule is [C-]#[N+]C[C@H]1CN(c2nc(OC[C@H]3COC[C@@H]3N(C)C)nc3c2CCN(c2cccc4cccc(Cl)c24)C3)CCN1C(=O)C=C. The van der Waals surface area contributed by atoms with Crippen molar-refractivity contribution < 1.29 is 14.3 Å². The van der Waals surface area contributed by atoms with Crippen LogP contribution in [0.2, 0.25) is 5.02 Å². The Bertz CT molecular complexity index is 1590. The summed E-state index contributed by atoms with van der Waals surface area (Å²) in [5.74, 6) is 0.887. The minimum Gasteiger partial charge on any atom is -0.463 e. The van der Waals surface area contributed by atoms with Crippen molar-refractivity contribution in [2.24, 2.45) is 5.92 Å². The summed E-state index contributed by atoms with van der Waals surface area (Å²) < 4.78 is 12.1. The lowest BCUT2D eigenvalue weighted by Gasteiger charge is -2.41. The van der Waals surface area contributed by atoms with Crippen molar-refractivity contribution >= 4 is 39.8 Å². The van der Waals surface area contributed by atoms with Crippen LogP contribution in [0.5, 0.6) is 6.01 Å². The van der Waals surface area contributed by atoms with E-state index in [4.69, 9.17) is 37.6 Å². The Labute approximate surface area is 263 Å². The van der Waals surface area contributed by atoms with Crippen molar-refractivity contribution in [2.75, 3.05) is 76.4 Å². The molecule has 10 nitrogen and oxygen atoms in total. The van der Waals surface area contributed by atoms with Crippen LogP contribution in [-0.2, 0) is 22.5 Å². The number of ether oxygens (including phenoxy) is 2. The van der Waals surface area contributed by atoms with Crippen LogP contribution in [0.4, 0.5) is 11.5 Å². The molecule has 0 saturated carbocycles. The van der Waals surface area contributed by atoms with Crippen LogP contribution in [0.25, 0.3) is 15.6 Å². The summed E-state index contributed by atoms with van der Waals surface area (Å²) >= 11 is 6.71. The minimum atomic E-state index is -0.254. The van der Waals surface area contributed by atoms with E-state index in [1.807, 2.05) is 12.1 Å². The van der Waals surface area contributed by atoms with E-state index in [1.54, 1.807) is 4.90 Å². The summed E-state index contributed by atoms with van der Waals surface area (Å²) in [4.78, 5) is 34.6. The first-order valence-corrected chi connectivity index (χ1v) is 15.5. The predicted molar refractivity (Wildman–Crippen MR) is 172 cm³/mol. The molecule has 3 aliphatic heterocycles. The highest BCUT2D eigenvalue weighted by molar-refractivity contribution is 6.36. The molecule has 2 saturated heterocycles. The second kappa shape index (κ2) is 13.0. The summed E-state index contributed by atoms with van der Waals surface area (Å²) in [6, 6.07) is 12.6.